The third-order valence-electron chi connectivity index (χ3n) is 5.44. The Labute approximate surface area is 182 Å². The van der Waals surface area contributed by atoms with E-state index in [-0.39, 0.29) is 24.1 Å². The van der Waals surface area contributed by atoms with Gasteiger partial charge in [0.2, 0.25) is 5.75 Å². The van der Waals surface area contributed by atoms with E-state index in [1.54, 1.807) is 0 Å². The van der Waals surface area contributed by atoms with Gasteiger partial charge >= 0.3 is 5.97 Å². The Kier molecular flexibility index (Phi) is 8.96. The lowest BCUT2D eigenvalue weighted by Gasteiger charge is -2.30. The van der Waals surface area contributed by atoms with Crippen LogP contribution in [0, 0.1) is 5.92 Å². The molecule has 2 N–H and O–H groups in total. The SMILES string of the molecule is COc1cc(C(=O)NCC(=O)O[C@@H](C)C(=O)N[C@H]2CCCC[C@@H]2C)cc(OC)c1OC. The number of esters is 1. The molecule has 1 aliphatic carbocycles. The number of methoxy groups -OCH3 is 3. The third-order valence-corrected chi connectivity index (χ3v) is 5.44. The number of carbonyl (C=O) groups excluding carboxylic acids is 3. The number of nitrogens with one attached hydrogen (secondary N) is 2. The molecule has 0 radical (unpaired) electrons. The summed E-state index contributed by atoms with van der Waals surface area (Å²) in [5.41, 5.74) is 0.222. The summed E-state index contributed by atoms with van der Waals surface area (Å²) >= 11 is 0. The van der Waals surface area contributed by atoms with Gasteiger partial charge in [-0.2, -0.15) is 0 Å². The normalized spacial score (nSPS) is 19.0. The van der Waals surface area contributed by atoms with Crippen LogP contribution in [0.25, 0.3) is 0 Å². The number of hydrogen-bond donors (Lipinski definition) is 2. The molecule has 2 rings (SSSR count). The quantitative estimate of drug-likeness (QED) is 0.570. The molecule has 1 fully saturated rings. The van der Waals surface area contributed by atoms with Crippen LogP contribution in [0.3, 0.4) is 0 Å². The number of ether oxygens (including phenoxy) is 4. The van der Waals surface area contributed by atoms with Crippen molar-refractivity contribution in [2.45, 2.75) is 51.7 Å². The minimum Gasteiger partial charge on any atom is -0.493 e. The monoisotopic (exact) mass is 436 g/mol. The van der Waals surface area contributed by atoms with Crippen molar-refractivity contribution in [3.8, 4) is 17.2 Å². The number of amides is 2. The van der Waals surface area contributed by atoms with Crippen LogP contribution in [0.5, 0.6) is 17.2 Å². The molecule has 1 saturated carbocycles. The molecule has 31 heavy (non-hydrogen) atoms. The first-order valence-electron chi connectivity index (χ1n) is 10.4. The summed E-state index contributed by atoms with van der Waals surface area (Å²) in [4.78, 5) is 36.9. The highest BCUT2D eigenvalue weighted by Crippen LogP contribution is 2.38. The molecule has 9 nitrogen and oxygen atoms in total. The van der Waals surface area contributed by atoms with Crippen molar-refractivity contribution >= 4 is 17.8 Å². The van der Waals surface area contributed by atoms with E-state index in [0.717, 1.165) is 19.3 Å². The van der Waals surface area contributed by atoms with Gasteiger partial charge < -0.3 is 29.6 Å². The number of carbonyl (C=O) groups is 3. The zero-order chi connectivity index (χ0) is 23.0. The Morgan fingerprint density at radius 1 is 1.03 bits per heavy atom. The van der Waals surface area contributed by atoms with E-state index in [4.69, 9.17) is 18.9 Å². The molecule has 0 spiro atoms. The molecule has 0 heterocycles. The molecule has 1 aromatic carbocycles. The maximum Gasteiger partial charge on any atom is 0.326 e. The first kappa shape index (κ1) is 24.3. The van der Waals surface area contributed by atoms with E-state index in [0.29, 0.717) is 23.2 Å². The second-order valence-electron chi connectivity index (χ2n) is 7.61. The van der Waals surface area contributed by atoms with Crippen LogP contribution in [-0.4, -0.2) is 57.8 Å². The molecule has 1 aliphatic rings. The third kappa shape index (κ3) is 6.50. The lowest BCUT2D eigenvalue weighted by atomic mass is 9.86. The second-order valence-corrected chi connectivity index (χ2v) is 7.61. The molecule has 172 valence electrons. The lowest BCUT2D eigenvalue weighted by molar-refractivity contribution is -0.154. The fourth-order valence-corrected chi connectivity index (χ4v) is 3.59. The number of rotatable bonds is 9. The summed E-state index contributed by atoms with van der Waals surface area (Å²) in [5.74, 6) is -0.174. The summed E-state index contributed by atoms with van der Waals surface area (Å²) in [5, 5.41) is 5.43. The van der Waals surface area contributed by atoms with Crippen LogP contribution in [0.1, 0.15) is 49.9 Å². The van der Waals surface area contributed by atoms with Crippen LogP contribution in [0.15, 0.2) is 12.1 Å². The topological polar surface area (TPSA) is 112 Å². The van der Waals surface area contributed by atoms with E-state index in [1.165, 1.54) is 46.8 Å². The van der Waals surface area contributed by atoms with Gasteiger partial charge in [-0.25, -0.2) is 0 Å². The molecular formula is C22H32N2O7. The Hall–Kier alpha value is -2.97. The lowest BCUT2D eigenvalue weighted by Crippen LogP contribution is -2.46. The molecule has 0 unspecified atom stereocenters. The van der Waals surface area contributed by atoms with E-state index >= 15 is 0 Å². The van der Waals surface area contributed by atoms with Crippen LogP contribution in [0.2, 0.25) is 0 Å². The highest BCUT2D eigenvalue weighted by Gasteiger charge is 2.26. The largest absolute Gasteiger partial charge is 0.493 e. The summed E-state index contributed by atoms with van der Waals surface area (Å²) < 4.78 is 20.8. The Balaban J connectivity index is 1.89. The fourth-order valence-electron chi connectivity index (χ4n) is 3.59. The molecule has 0 bridgehead atoms. The van der Waals surface area contributed by atoms with Crippen molar-refractivity contribution in [2.24, 2.45) is 5.92 Å². The molecule has 2 amide bonds. The van der Waals surface area contributed by atoms with E-state index in [2.05, 4.69) is 17.6 Å². The molecule has 1 aromatic rings. The van der Waals surface area contributed by atoms with Crippen molar-refractivity contribution in [3.05, 3.63) is 17.7 Å². The van der Waals surface area contributed by atoms with Crippen LogP contribution < -0.4 is 24.8 Å². The highest BCUT2D eigenvalue weighted by atomic mass is 16.5. The first-order chi connectivity index (χ1) is 14.8. The molecule has 0 aromatic heterocycles. The number of benzene rings is 1. The zero-order valence-electron chi connectivity index (χ0n) is 18.8. The van der Waals surface area contributed by atoms with E-state index in [1.807, 2.05) is 0 Å². The van der Waals surface area contributed by atoms with Gasteiger partial charge in [0.15, 0.2) is 17.6 Å². The van der Waals surface area contributed by atoms with Gasteiger partial charge in [0, 0.05) is 11.6 Å². The molecule has 0 aliphatic heterocycles. The predicted octanol–water partition coefficient (Wildman–Crippen LogP) is 2.07. The minimum atomic E-state index is -0.945. The Morgan fingerprint density at radius 3 is 2.19 bits per heavy atom. The molecule has 9 heteroatoms. The predicted molar refractivity (Wildman–Crippen MR) is 114 cm³/mol. The summed E-state index contributed by atoms with van der Waals surface area (Å²) in [6.45, 7) is 3.24. The summed E-state index contributed by atoms with van der Waals surface area (Å²) in [7, 11) is 4.34. The van der Waals surface area contributed by atoms with Gasteiger partial charge in [0.25, 0.3) is 11.8 Å². The first-order valence-corrected chi connectivity index (χ1v) is 10.4. The maximum absolute atomic E-state index is 12.5. The molecular weight excluding hydrogens is 404 g/mol. The number of hydrogen-bond acceptors (Lipinski definition) is 7. The average molecular weight is 437 g/mol. The second kappa shape index (κ2) is 11.4. The fraction of sp³-hybridized carbons (Fsp3) is 0.591. The van der Waals surface area contributed by atoms with E-state index < -0.39 is 18.0 Å². The molecule has 0 saturated heterocycles. The van der Waals surface area contributed by atoms with Gasteiger partial charge in [0.05, 0.1) is 21.3 Å². The highest BCUT2D eigenvalue weighted by molar-refractivity contribution is 5.97. The van der Waals surface area contributed by atoms with Crippen molar-refractivity contribution in [3.63, 3.8) is 0 Å². The van der Waals surface area contributed by atoms with Crippen molar-refractivity contribution < 1.29 is 33.3 Å². The Bertz CT molecular complexity index is 771. The standard InChI is InChI=1S/C22H32N2O7/c1-13-8-6-7-9-16(13)24-21(26)14(2)31-19(25)12-23-22(27)15-10-17(28-3)20(30-5)18(11-15)29-4/h10-11,13-14,16H,6-9,12H2,1-5H3,(H,23,27)(H,24,26)/t13-,14-,16-/m0/s1. The van der Waals surface area contributed by atoms with Crippen molar-refractivity contribution in [2.75, 3.05) is 27.9 Å². The zero-order valence-corrected chi connectivity index (χ0v) is 18.8. The van der Waals surface area contributed by atoms with Gasteiger partial charge in [-0.05, 0) is 37.8 Å². The van der Waals surface area contributed by atoms with Gasteiger partial charge in [-0.3, -0.25) is 14.4 Å². The summed E-state index contributed by atoms with van der Waals surface area (Å²) in [6.07, 6.45) is 3.31. The van der Waals surface area contributed by atoms with Crippen LogP contribution >= 0.6 is 0 Å². The van der Waals surface area contributed by atoms with Crippen LogP contribution in [-0.2, 0) is 14.3 Å². The van der Waals surface area contributed by atoms with Gasteiger partial charge in [-0.1, -0.05) is 19.8 Å². The van der Waals surface area contributed by atoms with Gasteiger partial charge in [-0.15, -0.1) is 0 Å². The van der Waals surface area contributed by atoms with Crippen molar-refractivity contribution in [1.29, 1.82) is 0 Å². The summed E-state index contributed by atoms with van der Waals surface area (Å²) in [6, 6.07) is 3.05. The Morgan fingerprint density at radius 2 is 1.65 bits per heavy atom. The maximum atomic E-state index is 12.5. The molecule has 3 atom stereocenters. The van der Waals surface area contributed by atoms with E-state index in [9.17, 15) is 14.4 Å². The van der Waals surface area contributed by atoms with Crippen LogP contribution in [0.4, 0.5) is 0 Å². The average Bonchev–Trinajstić information content (AvgIpc) is 2.77. The minimum absolute atomic E-state index is 0.0992. The van der Waals surface area contributed by atoms with Gasteiger partial charge in [0.1, 0.15) is 6.54 Å². The van der Waals surface area contributed by atoms with Crippen molar-refractivity contribution in [1.82, 2.24) is 10.6 Å². The smallest absolute Gasteiger partial charge is 0.326 e.